The molecular formula is C16H24N2O2. The minimum Gasteiger partial charge on any atom is -0.465 e. The number of ether oxygens (including phenoxy) is 1. The monoisotopic (exact) mass is 276 g/mol. The fourth-order valence-electron chi connectivity index (χ4n) is 2.83. The van der Waals surface area contributed by atoms with Gasteiger partial charge in [-0.1, -0.05) is 19.3 Å². The molecule has 0 aromatic carbocycles. The van der Waals surface area contributed by atoms with Gasteiger partial charge in [0.1, 0.15) is 0 Å². The lowest BCUT2D eigenvalue weighted by atomic mass is 9.84. The number of nitrogens with zero attached hydrogens (tertiary/aromatic N) is 1. The highest BCUT2D eigenvalue weighted by molar-refractivity contribution is 5.88. The van der Waals surface area contributed by atoms with Crippen molar-refractivity contribution < 1.29 is 9.53 Å². The Kier molecular flexibility index (Phi) is 5.53. The summed E-state index contributed by atoms with van der Waals surface area (Å²) in [5.74, 6) is 0.450. The molecule has 110 valence electrons. The molecule has 0 radical (unpaired) electrons. The van der Waals surface area contributed by atoms with Crippen LogP contribution in [0.2, 0.25) is 0 Å². The van der Waals surface area contributed by atoms with Gasteiger partial charge in [-0.05, 0) is 37.8 Å². The maximum Gasteiger partial charge on any atom is 0.339 e. The van der Waals surface area contributed by atoms with E-state index in [4.69, 9.17) is 0 Å². The summed E-state index contributed by atoms with van der Waals surface area (Å²) in [6.07, 6.45) is 8.37. The Morgan fingerprint density at radius 2 is 2.15 bits per heavy atom. The highest BCUT2D eigenvalue weighted by atomic mass is 16.5. The van der Waals surface area contributed by atoms with E-state index < -0.39 is 0 Å². The quantitative estimate of drug-likeness (QED) is 0.840. The van der Waals surface area contributed by atoms with E-state index in [0.29, 0.717) is 11.6 Å². The highest BCUT2D eigenvalue weighted by Gasteiger charge is 2.19. The summed E-state index contributed by atoms with van der Waals surface area (Å²) in [6, 6.07) is 4.17. The van der Waals surface area contributed by atoms with E-state index in [0.717, 1.165) is 18.2 Å². The third kappa shape index (κ3) is 4.04. The first-order chi connectivity index (χ1) is 9.70. The lowest BCUT2D eigenvalue weighted by Gasteiger charge is -2.28. The number of methoxy groups -OCH3 is 1. The lowest BCUT2D eigenvalue weighted by molar-refractivity contribution is 0.0600. The smallest absolute Gasteiger partial charge is 0.339 e. The zero-order chi connectivity index (χ0) is 14.4. The number of pyridine rings is 1. The Hall–Kier alpha value is -1.42. The molecule has 2 rings (SSSR count). The van der Waals surface area contributed by atoms with Crippen molar-refractivity contribution in [1.29, 1.82) is 0 Å². The third-order valence-electron chi connectivity index (χ3n) is 4.21. The highest BCUT2D eigenvalue weighted by Crippen LogP contribution is 2.26. The largest absolute Gasteiger partial charge is 0.465 e. The van der Waals surface area contributed by atoms with Gasteiger partial charge in [-0.25, -0.2) is 4.79 Å². The Labute approximate surface area is 120 Å². The van der Waals surface area contributed by atoms with E-state index >= 15 is 0 Å². The molecule has 0 saturated heterocycles. The molecular weight excluding hydrogens is 252 g/mol. The Balaban J connectivity index is 1.82. The normalized spacial score (nSPS) is 17.7. The van der Waals surface area contributed by atoms with Gasteiger partial charge in [-0.3, -0.25) is 4.98 Å². The maximum atomic E-state index is 11.3. The molecule has 4 nitrogen and oxygen atoms in total. The molecule has 1 aliphatic carbocycles. The predicted octanol–water partition coefficient (Wildman–Crippen LogP) is 2.93. The van der Waals surface area contributed by atoms with Crippen LogP contribution in [0.25, 0.3) is 0 Å². The first kappa shape index (κ1) is 15.0. The molecule has 1 fully saturated rings. The maximum absolute atomic E-state index is 11.3. The van der Waals surface area contributed by atoms with Crippen molar-refractivity contribution in [1.82, 2.24) is 10.3 Å². The molecule has 4 heteroatoms. The van der Waals surface area contributed by atoms with Gasteiger partial charge in [0, 0.05) is 18.8 Å². The molecule has 1 saturated carbocycles. The van der Waals surface area contributed by atoms with Gasteiger partial charge in [0.15, 0.2) is 0 Å². The van der Waals surface area contributed by atoms with E-state index in [-0.39, 0.29) is 5.97 Å². The van der Waals surface area contributed by atoms with Gasteiger partial charge in [0.05, 0.1) is 18.4 Å². The third-order valence-corrected chi connectivity index (χ3v) is 4.21. The van der Waals surface area contributed by atoms with Gasteiger partial charge < -0.3 is 10.1 Å². The Morgan fingerprint density at radius 1 is 1.40 bits per heavy atom. The Morgan fingerprint density at radius 3 is 2.75 bits per heavy atom. The molecule has 0 bridgehead atoms. The number of rotatable bonds is 5. The molecule has 0 unspecified atom stereocenters. The summed E-state index contributed by atoms with van der Waals surface area (Å²) in [7, 11) is 1.38. The van der Waals surface area contributed by atoms with Gasteiger partial charge in [-0.2, -0.15) is 0 Å². The summed E-state index contributed by atoms with van der Waals surface area (Å²) in [4.78, 5) is 15.6. The van der Waals surface area contributed by atoms with E-state index in [2.05, 4.69) is 22.0 Å². The van der Waals surface area contributed by atoms with Crippen LogP contribution in [0.5, 0.6) is 0 Å². The second kappa shape index (κ2) is 7.39. The molecule has 1 N–H and O–H groups in total. The minimum absolute atomic E-state index is 0.340. The zero-order valence-corrected chi connectivity index (χ0v) is 12.4. The zero-order valence-electron chi connectivity index (χ0n) is 12.4. The van der Waals surface area contributed by atoms with Crippen molar-refractivity contribution in [3.05, 3.63) is 29.6 Å². The molecule has 1 atom stereocenters. The number of aromatic nitrogens is 1. The van der Waals surface area contributed by atoms with Crippen LogP contribution in [0, 0.1) is 5.92 Å². The summed E-state index contributed by atoms with van der Waals surface area (Å²) in [5.41, 5.74) is 1.46. The van der Waals surface area contributed by atoms with Gasteiger partial charge >= 0.3 is 5.97 Å². The lowest BCUT2D eigenvalue weighted by Crippen LogP contribution is -2.34. The number of hydrogen-bond donors (Lipinski definition) is 1. The average molecular weight is 276 g/mol. The van der Waals surface area contributed by atoms with Crippen molar-refractivity contribution >= 4 is 5.97 Å². The molecule has 0 aliphatic heterocycles. The molecule has 0 spiro atoms. The first-order valence-electron chi connectivity index (χ1n) is 7.47. The number of esters is 1. The molecule has 1 aliphatic rings. The molecule has 20 heavy (non-hydrogen) atoms. The fourth-order valence-corrected chi connectivity index (χ4v) is 2.83. The molecule has 1 heterocycles. The second-order valence-electron chi connectivity index (χ2n) is 5.60. The van der Waals surface area contributed by atoms with E-state index in [1.165, 1.54) is 39.2 Å². The van der Waals surface area contributed by atoms with Gasteiger partial charge in [0.2, 0.25) is 0 Å². The molecule has 1 aromatic heterocycles. The topological polar surface area (TPSA) is 51.2 Å². The first-order valence-corrected chi connectivity index (χ1v) is 7.47. The van der Waals surface area contributed by atoms with Gasteiger partial charge in [-0.15, -0.1) is 0 Å². The number of carbonyl (C=O) groups excluding carboxylic acids is 1. The summed E-state index contributed by atoms with van der Waals surface area (Å²) >= 11 is 0. The van der Waals surface area contributed by atoms with Crippen molar-refractivity contribution in [3.8, 4) is 0 Å². The SMILES string of the molecule is COC(=O)c1ccc(CN[C@@H](C)C2CCCCC2)nc1. The summed E-state index contributed by atoms with van der Waals surface area (Å²) in [5, 5.41) is 3.55. The van der Waals surface area contributed by atoms with Crippen LogP contribution in [-0.4, -0.2) is 24.1 Å². The number of nitrogens with one attached hydrogen (secondary N) is 1. The predicted molar refractivity (Wildman–Crippen MR) is 78.5 cm³/mol. The van der Waals surface area contributed by atoms with Crippen LogP contribution in [0.1, 0.15) is 55.1 Å². The average Bonchev–Trinajstić information content (AvgIpc) is 2.53. The van der Waals surface area contributed by atoms with Crippen LogP contribution in [0.15, 0.2) is 18.3 Å². The summed E-state index contributed by atoms with van der Waals surface area (Å²) in [6.45, 7) is 3.01. The molecule has 0 amide bonds. The molecule has 1 aromatic rings. The van der Waals surface area contributed by atoms with Crippen molar-refractivity contribution in [2.75, 3.05) is 7.11 Å². The van der Waals surface area contributed by atoms with Crippen molar-refractivity contribution in [3.63, 3.8) is 0 Å². The minimum atomic E-state index is -0.340. The summed E-state index contributed by atoms with van der Waals surface area (Å²) < 4.78 is 4.66. The second-order valence-corrected chi connectivity index (χ2v) is 5.60. The van der Waals surface area contributed by atoms with Crippen LogP contribution >= 0.6 is 0 Å². The van der Waals surface area contributed by atoms with Gasteiger partial charge in [0.25, 0.3) is 0 Å². The Bertz CT molecular complexity index is 425. The van der Waals surface area contributed by atoms with Crippen LogP contribution in [-0.2, 0) is 11.3 Å². The standard InChI is InChI=1S/C16H24N2O2/c1-12(13-6-4-3-5-7-13)17-11-15-9-8-14(10-18-15)16(19)20-2/h8-10,12-13,17H,3-7,11H2,1-2H3/t12-/m0/s1. The number of carbonyl (C=O) groups is 1. The number of hydrogen-bond acceptors (Lipinski definition) is 4. The van der Waals surface area contributed by atoms with Crippen LogP contribution in [0.3, 0.4) is 0 Å². The fraction of sp³-hybridized carbons (Fsp3) is 0.625. The van der Waals surface area contributed by atoms with E-state index in [1.54, 1.807) is 12.3 Å². The van der Waals surface area contributed by atoms with Crippen LogP contribution in [0.4, 0.5) is 0 Å². The van der Waals surface area contributed by atoms with E-state index in [1.807, 2.05) is 6.07 Å². The van der Waals surface area contributed by atoms with E-state index in [9.17, 15) is 4.79 Å². The van der Waals surface area contributed by atoms with Crippen molar-refractivity contribution in [2.24, 2.45) is 5.92 Å². The van der Waals surface area contributed by atoms with Crippen LogP contribution < -0.4 is 5.32 Å². The van der Waals surface area contributed by atoms with Crippen molar-refractivity contribution in [2.45, 2.75) is 51.6 Å².